The van der Waals surface area contributed by atoms with Crippen LogP contribution in [0.3, 0.4) is 0 Å². The Bertz CT molecular complexity index is 318. The molecule has 0 aliphatic carbocycles. The molecule has 5 heteroatoms. The lowest BCUT2D eigenvalue weighted by Crippen LogP contribution is -2.38. The van der Waals surface area contributed by atoms with E-state index in [9.17, 15) is 4.79 Å². The molecular formula is C17H34N2O2S. The molecule has 0 aromatic rings. The lowest BCUT2D eigenvalue weighted by molar-refractivity contribution is 0.0256. The highest BCUT2D eigenvalue weighted by Gasteiger charge is 2.24. The maximum atomic E-state index is 12.1. The van der Waals surface area contributed by atoms with Crippen LogP contribution in [0.5, 0.6) is 0 Å². The first-order valence-electron chi connectivity index (χ1n) is 8.62. The molecule has 22 heavy (non-hydrogen) atoms. The largest absolute Gasteiger partial charge is 0.444 e. The molecule has 1 aliphatic heterocycles. The van der Waals surface area contributed by atoms with Gasteiger partial charge in [0.1, 0.15) is 5.60 Å². The van der Waals surface area contributed by atoms with E-state index in [-0.39, 0.29) is 6.09 Å². The number of unbranched alkanes of at least 4 members (excludes halogenated alkanes) is 2. The zero-order valence-corrected chi connectivity index (χ0v) is 15.6. The fourth-order valence-electron chi connectivity index (χ4n) is 2.66. The van der Waals surface area contributed by atoms with Gasteiger partial charge in [-0.05, 0) is 71.4 Å². The number of nitrogens with one attached hydrogen (secondary N) is 1. The van der Waals surface area contributed by atoms with Crippen molar-refractivity contribution in [2.45, 2.75) is 70.9 Å². The zero-order chi connectivity index (χ0) is 16.4. The molecular weight excluding hydrogens is 296 g/mol. The maximum Gasteiger partial charge on any atom is 0.410 e. The molecule has 0 aromatic carbocycles. The average molecular weight is 331 g/mol. The van der Waals surface area contributed by atoms with E-state index in [0.29, 0.717) is 6.04 Å². The van der Waals surface area contributed by atoms with E-state index >= 15 is 0 Å². The van der Waals surface area contributed by atoms with Gasteiger partial charge in [0.15, 0.2) is 0 Å². The SMILES string of the molecule is CSCCCCCNC1CCCN(C(=O)OC(C)(C)C)CC1. The molecule has 0 bridgehead atoms. The normalized spacial score (nSPS) is 19.8. The van der Waals surface area contributed by atoms with Gasteiger partial charge in [-0.25, -0.2) is 4.79 Å². The molecule has 1 atom stereocenters. The second kappa shape index (κ2) is 10.4. The third kappa shape index (κ3) is 8.89. The number of carbonyl (C=O) groups is 1. The lowest BCUT2D eigenvalue weighted by Gasteiger charge is -2.26. The van der Waals surface area contributed by atoms with E-state index in [1.54, 1.807) is 0 Å². The summed E-state index contributed by atoms with van der Waals surface area (Å²) in [5.41, 5.74) is -0.405. The van der Waals surface area contributed by atoms with Gasteiger partial charge in [-0.2, -0.15) is 11.8 Å². The van der Waals surface area contributed by atoms with Crippen molar-refractivity contribution in [1.29, 1.82) is 0 Å². The van der Waals surface area contributed by atoms with E-state index in [0.717, 1.165) is 38.9 Å². The lowest BCUT2D eigenvalue weighted by atomic mass is 10.1. The molecule has 1 heterocycles. The van der Waals surface area contributed by atoms with Gasteiger partial charge in [0.25, 0.3) is 0 Å². The number of amides is 1. The average Bonchev–Trinajstić information content (AvgIpc) is 2.66. The summed E-state index contributed by atoms with van der Waals surface area (Å²) in [6.45, 7) is 8.49. The Morgan fingerprint density at radius 1 is 1.23 bits per heavy atom. The monoisotopic (exact) mass is 330 g/mol. The van der Waals surface area contributed by atoms with Gasteiger partial charge in [0.05, 0.1) is 0 Å². The fraction of sp³-hybridized carbons (Fsp3) is 0.941. The van der Waals surface area contributed by atoms with Crippen LogP contribution in [0.2, 0.25) is 0 Å². The van der Waals surface area contributed by atoms with Gasteiger partial charge in [-0.15, -0.1) is 0 Å². The van der Waals surface area contributed by atoms with Crippen molar-refractivity contribution in [2.75, 3.05) is 31.6 Å². The van der Waals surface area contributed by atoms with Crippen molar-refractivity contribution in [2.24, 2.45) is 0 Å². The van der Waals surface area contributed by atoms with Crippen molar-refractivity contribution in [3.05, 3.63) is 0 Å². The van der Waals surface area contributed by atoms with Crippen LogP contribution in [0.15, 0.2) is 0 Å². The second-order valence-electron chi connectivity index (χ2n) is 7.10. The van der Waals surface area contributed by atoms with E-state index in [4.69, 9.17) is 4.74 Å². The Morgan fingerprint density at radius 2 is 2.00 bits per heavy atom. The molecule has 1 unspecified atom stereocenters. The van der Waals surface area contributed by atoms with Gasteiger partial charge in [-0.3, -0.25) is 0 Å². The number of carbonyl (C=O) groups excluding carboxylic acids is 1. The summed E-state index contributed by atoms with van der Waals surface area (Å²) in [5, 5.41) is 3.66. The molecule has 130 valence electrons. The van der Waals surface area contributed by atoms with Crippen LogP contribution < -0.4 is 5.32 Å². The second-order valence-corrected chi connectivity index (χ2v) is 8.09. The number of rotatable bonds is 7. The number of ether oxygens (including phenoxy) is 1. The molecule has 1 amide bonds. The van der Waals surface area contributed by atoms with Crippen LogP contribution in [0.1, 0.15) is 59.3 Å². The summed E-state index contributed by atoms with van der Waals surface area (Å²) >= 11 is 1.93. The van der Waals surface area contributed by atoms with E-state index in [1.165, 1.54) is 25.0 Å². The highest BCUT2D eigenvalue weighted by molar-refractivity contribution is 7.98. The summed E-state index contributed by atoms with van der Waals surface area (Å²) in [7, 11) is 0. The van der Waals surface area contributed by atoms with Crippen molar-refractivity contribution in [3.8, 4) is 0 Å². The molecule has 0 spiro atoms. The van der Waals surface area contributed by atoms with Crippen molar-refractivity contribution in [3.63, 3.8) is 0 Å². The summed E-state index contributed by atoms with van der Waals surface area (Å²) in [4.78, 5) is 14.0. The smallest absolute Gasteiger partial charge is 0.410 e. The van der Waals surface area contributed by atoms with Crippen LogP contribution in [-0.4, -0.2) is 54.3 Å². The predicted octanol–water partition coefficient (Wildman–Crippen LogP) is 3.90. The Hall–Kier alpha value is -0.420. The quantitative estimate of drug-likeness (QED) is 0.719. The molecule has 4 nitrogen and oxygen atoms in total. The van der Waals surface area contributed by atoms with Crippen LogP contribution in [0.25, 0.3) is 0 Å². The number of likely N-dealkylation sites (tertiary alicyclic amines) is 1. The summed E-state index contributed by atoms with van der Waals surface area (Å²) < 4.78 is 5.47. The van der Waals surface area contributed by atoms with Gasteiger partial charge >= 0.3 is 6.09 Å². The summed E-state index contributed by atoms with van der Waals surface area (Å²) in [5.74, 6) is 1.27. The molecule has 1 rings (SSSR count). The van der Waals surface area contributed by atoms with Crippen molar-refractivity contribution in [1.82, 2.24) is 10.2 Å². The molecule has 1 saturated heterocycles. The predicted molar refractivity (Wildman–Crippen MR) is 95.7 cm³/mol. The molecule has 1 aliphatic rings. The third-order valence-electron chi connectivity index (χ3n) is 3.84. The highest BCUT2D eigenvalue weighted by Crippen LogP contribution is 2.15. The standard InChI is InChI=1S/C17H34N2O2S/c1-17(2,3)21-16(20)19-12-8-9-15(10-13-19)18-11-6-5-7-14-22-4/h15,18H,5-14H2,1-4H3. The van der Waals surface area contributed by atoms with Crippen molar-refractivity contribution < 1.29 is 9.53 Å². The zero-order valence-electron chi connectivity index (χ0n) is 14.8. The molecule has 0 saturated carbocycles. The number of nitrogens with zero attached hydrogens (tertiary/aromatic N) is 1. The van der Waals surface area contributed by atoms with Crippen LogP contribution in [0, 0.1) is 0 Å². The van der Waals surface area contributed by atoms with Gasteiger partial charge in [0, 0.05) is 19.1 Å². The first kappa shape index (κ1) is 19.6. The van der Waals surface area contributed by atoms with Crippen LogP contribution in [0.4, 0.5) is 4.79 Å². The van der Waals surface area contributed by atoms with Crippen LogP contribution >= 0.6 is 11.8 Å². The Morgan fingerprint density at radius 3 is 2.68 bits per heavy atom. The number of hydrogen-bond acceptors (Lipinski definition) is 4. The molecule has 1 fully saturated rings. The maximum absolute atomic E-state index is 12.1. The van der Waals surface area contributed by atoms with Crippen LogP contribution in [-0.2, 0) is 4.74 Å². The van der Waals surface area contributed by atoms with Crippen molar-refractivity contribution >= 4 is 17.9 Å². The minimum Gasteiger partial charge on any atom is -0.444 e. The minimum absolute atomic E-state index is 0.162. The Balaban J connectivity index is 2.20. The highest BCUT2D eigenvalue weighted by atomic mass is 32.2. The third-order valence-corrected chi connectivity index (χ3v) is 4.53. The van der Waals surface area contributed by atoms with Gasteiger partial charge < -0.3 is 15.0 Å². The molecule has 1 N–H and O–H groups in total. The van der Waals surface area contributed by atoms with Gasteiger partial charge in [-0.1, -0.05) is 6.42 Å². The topological polar surface area (TPSA) is 41.6 Å². The first-order chi connectivity index (χ1) is 10.4. The van der Waals surface area contributed by atoms with Gasteiger partial charge in [0.2, 0.25) is 0 Å². The summed E-state index contributed by atoms with van der Waals surface area (Å²) in [6.07, 6.45) is 9.14. The van der Waals surface area contributed by atoms with E-state index in [2.05, 4.69) is 11.6 Å². The Kier molecular flexibility index (Phi) is 9.25. The number of thioether (sulfide) groups is 1. The number of hydrogen-bond donors (Lipinski definition) is 1. The first-order valence-corrected chi connectivity index (χ1v) is 10.0. The Labute approximate surface area is 140 Å². The molecule has 0 radical (unpaired) electrons. The minimum atomic E-state index is -0.405. The fourth-order valence-corrected chi connectivity index (χ4v) is 3.16. The van der Waals surface area contributed by atoms with E-state index in [1.807, 2.05) is 37.4 Å². The summed E-state index contributed by atoms with van der Waals surface area (Å²) in [6, 6.07) is 0.549. The molecule has 0 aromatic heterocycles. The van der Waals surface area contributed by atoms with E-state index < -0.39 is 5.60 Å².